The minimum Gasteiger partial charge on any atom is -0.493 e. The Morgan fingerprint density at radius 1 is 1.47 bits per heavy atom. The first-order chi connectivity index (χ1) is 9.13. The maximum absolute atomic E-state index is 12.5. The molecular formula is C15H20ClNO2. The number of carbonyl (C=O) groups is 1. The molecule has 0 N–H and O–H groups in total. The van der Waals surface area contributed by atoms with E-state index >= 15 is 0 Å². The van der Waals surface area contributed by atoms with Crippen LogP contribution in [0.3, 0.4) is 0 Å². The van der Waals surface area contributed by atoms with Crippen LogP contribution in [0.1, 0.15) is 36.2 Å². The van der Waals surface area contributed by atoms with E-state index in [-0.39, 0.29) is 11.9 Å². The van der Waals surface area contributed by atoms with Gasteiger partial charge in [0, 0.05) is 30.5 Å². The highest BCUT2D eigenvalue weighted by Gasteiger charge is 2.20. The monoisotopic (exact) mass is 281 g/mol. The number of rotatable bonds is 5. The second kappa shape index (κ2) is 6.29. The molecule has 0 atom stereocenters. The van der Waals surface area contributed by atoms with E-state index < -0.39 is 0 Å². The van der Waals surface area contributed by atoms with Crippen LogP contribution in [-0.4, -0.2) is 35.9 Å². The summed E-state index contributed by atoms with van der Waals surface area (Å²) in [6.07, 6.45) is 1.71. The molecule has 1 heterocycles. The lowest BCUT2D eigenvalue weighted by Gasteiger charge is -2.26. The average molecular weight is 282 g/mol. The molecule has 0 unspecified atom stereocenters. The Morgan fingerprint density at radius 2 is 2.26 bits per heavy atom. The summed E-state index contributed by atoms with van der Waals surface area (Å²) in [5.74, 6) is 1.57. The van der Waals surface area contributed by atoms with E-state index in [2.05, 4.69) is 0 Å². The Kier molecular flexibility index (Phi) is 4.70. The van der Waals surface area contributed by atoms with Gasteiger partial charge < -0.3 is 9.64 Å². The number of fused-ring (bicyclic) bond motifs is 1. The summed E-state index contributed by atoms with van der Waals surface area (Å²) < 4.78 is 5.46. The normalized spacial score (nSPS) is 13.3. The van der Waals surface area contributed by atoms with Crippen LogP contribution < -0.4 is 4.74 Å². The Morgan fingerprint density at radius 3 is 2.95 bits per heavy atom. The molecule has 0 aromatic heterocycles. The quantitative estimate of drug-likeness (QED) is 0.776. The van der Waals surface area contributed by atoms with Gasteiger partial charge in [0.25, 0.3) is 5.91 Å². The van der Waals surface area contributed by atoms with Crippen molar-refractivity contribution in [1.29, 1.82) is 0 Å². The van der Waals surface area contributed by atoms with Gasteiger partial charge in [-0.05, 0) is 44.0 Å². The number of halogens is 1. The summed E-state index contributed by atoms with van der Waals surface area (Å²) >= 11 is 5.72. The fraction of sp³-hybridized carbons (Fsp3) is 0.533. The van der Waals surface area contributed by atoms with E-state index in [0.717, 1.165) is 29.7 Å². The summed E-state index contributed by atoms with van der Waals surface area (Å²) in [5, 5.41) is 0. The Bertz CT molecular complexity index is 459. The van der Waals surface area contributed by atoms with Gasteiger partial charge in [-0.3, -0.25) is 4.79 Å². The number of amides is 1. The highest BCUT2D eigenvalue weighted by molar-refractivity contribution is 6.17. The minimum atomic E-state index is 0.0785. The van der Waals surface area contributed by atoms with Crippen LogP contribution in [0.25, 0.3) is 0 Å². The predicted octanol–water partition coefficient (Wildman–Crippen LogP) is 3.10. The van der Waals surface area contributed by atoms with E-state index in [4.69, 9.17) is 16.3 Å². The molecule has 0 spiro atoms. The Labute approximate surface area is 119 Å². The van der Waals surface area contributed by atoms with Crippen molar-refractivity contribution < 1.29 is 9.53 Å². The largest absolute Gasteiger partial charge is 0.493 e. The molecule has 1 aromatic rings. The van der Waals surface area contributed by atoms with Gasteiger partial charge >= 0.3 is 0 Å². The van der Waals surface area contributed by atoms with Gasteiger partial charge in [-0.15, -0.1) is 11.6 Å². The lowest BCUT2D eigenvalue weighted by molar-refractivity contribution is 0.0706. The van der Waals surface area contributed by atoms with Crippen LogP contribution in [-0.2, 0) is 6.42 Å². The summed E-state index contributed by atoms with van der Waals surface area (Å²) in [7, 11) is 0. The number of ether oxygens (including phenoxy) is 1. The first-order valence-electron chi connectivity index (χ1n) is 6.76. The molecule has 104 valence electrons. The van der Waals surface area contributed by atoms with Gasteiger partial charge in [0.05, 0.1) is 6.61 Å². The molecule has 19 heavy (non-hydrogen) atoms. The highest BCUT2D eigenvalue weighted by atomic mass is 35.5. The molecule has 3 nitrogen and oxygen atoms in total. The van der Waals surface area contributed by atoms with Gasteiger partial charge in [-0.25, -0.2) is 0 Å². The molecule has 1 aliphatic rings. The molecule has 0 saturated heterocycles. The van der Waals surface area contributed by atoms with Gasteiger partial charge in [-0.1, -0.05) is 0 Å². The third-order valence-electron chi connectivity index (χ3n) is 3.35. The van der Waals surface area contributed by atoms with Gasteiger partial charge in [0.15, 0.2) is 0 Å². The van der Waals surface area contributed by atoms with E-state index in [9.17, 15) is 4.79 Å². The van der Waals surface area contributed by atoms with Crippen molar-refractivity contribution in [2.24, 2.45) is 0 Å². The second-order valence-electron chi connectivity index (χ2n) is 5.06. The molecule has 0 radical (unpaired) electrons. The van der Waals surface area contributed by atoms with Crippen molar-refractivity contribution >= 4 is 17.5 Å². The van der Waals surface area contributed by atoms with Gasteiger partial charge in [0.2, 0.25) is 0 Å². The topological polar surface area (TPSA) is 29.5 Å². The van der Waals surface area contributed by atoms with Crippen molar-refractivity contribution in [1.82, 2.24) is 4.90 Å². The third-order valence-corrected chi connectivity index (χ3v) is 3.62. The van der Waals surface area contributed by atoms with Crippen LogP contribution in [0.15, 0.2) is 18.2 Å². The van der Waals surface area contributed by atoms with Crippen molar-refractivity contribution in [3.8, 4) is 5.75 Å². The van der Waals surface area contributed by atoms with Crippen LogP contribution in [0.4, 0.5) is 0 Å². The van der Waals surface area contributed by atoms with E-state index in [1.165, 1.54) is 0 Å². The lowest BCUT2D eigenvalue weighted by atomic mass is 10.1. The molecule has 0 saturated carbocycles. The fourth-order valence-corrected chi connectivity index (χ4v) is 2.43. The maximum atomic E-state index is 12.5. The molecule has 0 aliphatic carbocycles. The van der Waals surface area contributed by atoms with Gasteiger partial charge in [0.1, 0.15) is 5.75 Å². The number of hydrogen-bond donors (Lipinski definition) is 0. The molecule has 0 bridgehead atoms. The lowest BCUT2D eigenvalue weighted by Crippen LogP contribution is -2.37. The maximum Gasteiger partial charge on any atom is 0.254 e. The smallest absolute Gasteiger partial charge is 0.254 e. The first kappa shape index (κ1) is 14.2. The molecule has 2 rings (SSSR count). The average Bonchev–Trinajstić information content (AvgIpc) is 2.85. The first-order valence-corrected chi connectivity index (χ1v) is 7.29. The van der Waals surface area contributed by atoms with Crippen LogP contribution in [0, 0.1) is 0 Å². The standard InChI is InChI=1S/C15H20ClNO2/c1-11(2)17(8-3-7-16)15(18)13-4-5-14-12(10-13)6-9-19-14/h4-5,10-11H,3,6-9H2,1-2H3. The number of benzene rings is 1. The van der Waals surface area contributed by atoms with E-state index in [1.807, 2.05) is 36.9 Å². The Hall–Kier alpha value is -1.22. The SMILES string of the molecule is CC(C)N(CCCCl)C(=O)c1ccc2c(c1)CCO2. The molecule has 1 aliphatic heterocycles. The van der Waals surface area contributed by atoms with Crippen molar-refractivity contribution in [3.63, 3.8) is 0 Å². The van der Waals surface area contributed by atoms with Crippen molar-refractivity contribution in [3.05, 3.63) is 29.3 Å². The van der Waals surface area contributed by atoms with Gasteiger partial charge in [-0.2, -0.15) is 0 Å². The van der Waals surface area contributed by atoms with Crippen LogP contribution in [0.5, 0.6) is 5.75 Å². The number of carbonyl (C=O) groups excluding carboxylic acids is 1. The zero-order valence-corrected chi connectivity index (χ0v) is 12.2. The summed E-state index contributed by atoms with van der Waals surface area (Å²) in [5.41, 5.74) is 1.87. The molecular weight excluding hydrogens is 262 g/mol. The van der Waals surface area contributed by atoms with E-state index in [0.29, 0.717) is 19.0 Å². The molecule has 4 heteroatoms. The Balaban J connectivity index is 2.16. The molecule has 1 amide bonds. The summed E-state index contributed by atoms with van der Waals surface area (Å²) in [6, 6.07) is 5.89. The minimum absolute atomic E-state index is 0.0785. The molecule has 0 fully saturated rings. The zero-order valence-electron chi connectivity index (χ0n) is 11.5. The summed E-state index contributed by atoms with van der Waals surface area (Å²) in [6.45, 7) is 5.48. The van der Waals surface area contributed by atoms with Crippen LogP contribution in [0.2, 0.25) is 0 Å². The third kappa shape index (κ3) is 3.21. The van der Waals surface area contributed by atoms with Crippen molar-refractivity contribution in [2.75, 3.05) is 19.0 Å². The van der Waals surface area contributed by atoms with Crippen LogP contribution >= 0.6 is 11.6 Å². The second-order valence-corrected chi connectivity index (χ2v) is 5.43. The van der Waals surface area contributed by atoms with Crippen molar-refractivity contribution in [2.45, 2.75) is 32.7 Å². The molecule has 1 aromatic carbocycles. The highest BCUT2D eigenvalue weighted by Crippen LogP contribution is 2.26. The number of nitrogens with zero attached hydrogens (tertiary/aromatic N) is 1. The number of hydrogen-bond acceptors (Lipinski definition) is 2. The van der Waals surface area contributed by atoms with E-state index in [1.54, 1.807) is 0 Å². The summed E-state index contributed by atoms with van der Waals surface area (Å²) in [4.78, 5) is 14.4. The fourth-order valence-electron chi connectivity index (χ4n) is 2.31. The predicted molar refractivity (Wildman–Crippen MR) is 77.2 cm³/mol. The zero-order chi connectivity index (χ0) is 13.8. The number of alkyl halides is 1.